The monoisotopic (exact) mass is 319 g/mol. The van der Waals surface area contributed by atoms with Crippen molar-refractivity contribution in [1.29, 1.82) is 0 Å². The fourth-order valence-corrected chi connectivity index (χ4v) is 3.55. The van der Waals surface area contributed by atoms with Crippen LogP contribution in [0.2, 0.25) is 0 Å². The third-order valence-corrected chi connectivity index (χ3v) is 4.93. The SMILES string of the molecule is NC(=O)c1ncn(C2CCCN(c3nc(C4CC4)ns3)C2)n1. The van der Waals surface area contributed by atoms with Crippen LogP contribution in [-0.4, -0.2) is 43.1 Å². The molecule has 2 aliphatic rings. The van der Waals surface area contributed by atoms with Gasteiger partial charge in [-0.1, -0.05) is 0 Å². The molecule has 0 spiro atoms. The third-order valence-electron chi connectivity index (χ3n) is 4.14. The molecule has 116 valence electrons. The molecule has 2 aromatic heterocycles. The number of nitrogens with two attached hydrogens (primary N) is 1. The van der Waals surface area contributed by atoms with Crippen molar-refractivity contribution in [2.24, 2.45) is 5.73 Å². The first kappa shape index (κ1) is 13.6. The van der Waals surface area contributed by atoms with Crippen LogP contribution in [0, 0.1) is 0 Å². The minimum atomic E-state index is -0.593. The van der Waals surface area contributed by atoms with E-state index >= 15 is 0 Å². The standard InChI is InChI=1S/C13H17N7OS/c14-10(21)12-15-7-20(17-12)9-2-1-5-19(6-9)13-16-11(18-22-13)8-3-4-8/h7-9H,1-6H2,(H2,14,21). The second-order valence-corrected chi connectivity index (χ2v) is 6.59. The Labute approximate surface area is 131 Å². The van der Waals surface area contributed by atoms with E-state index < -0.39 is 5.91 Å². The van der Waals surface area contributed by atoms with Crippen LogP contribution in [0.25, 0.3) is 0 Å². The molecule has 8 nitrogen and oxygen atoms in total. The van der Waals surface area contributed by atoms with Crippen LogP contribution in [0.1, 0.15) is 54.1 Å². The van der Waals surface area contributed by atoms with Gasteiger partial charge in [-0.05, 0) is 25.7 Å². The van der Waals surface area contributed by atoms with E-state index in [0.29, 0.717) is 5.92 Å². The molecule has 0 aromatic carbocycles. The molecule has 3 heterocycles. The Morgan fingerprint density at radius 3 is 2.95 bits per heavy atom. The van der Waals surface area contributed by atoms with E-state index in [1.807, 2.05) is 0 Å². The van der Waals surface area contributed by atoms with Gasteiger partial charge in [0, 0.05) is 30.5 Å². The molecule has 22 heavy (non-hydrogen) atoms. The van der Waals surface area contributed by atoms with Crippen LogP contribution < -0.4 is 10.6 Å². The van der Waals surface area contributed by atoms with Crippen LogP contribution in [-0.2, 0) is 0 Å². The molecular weight excluding hydrogens is 302 g/mol. The lowest BCUT2D eigenvalue weighted by Crippen LogP contribution is -2.36. The molecule has 0 bridgehead atoms. The number of hydrogen-bond acceptors (Lipinski definition) is 7. The first-order chi connectivity index (χ1) is 10.7. The first-order valence-electron chi connectivity index (χ1n) is 7.50. The van der Waals surface area contributed by atoms with Gasteiger partial charge in [-0.2, -0.15) is 4.37 Å². The van der Waals surface area contributed by atoms with Crippen molar-refractivity contribution in [1.82, 2.24) is 24.1 Å². The summed E-state index contributed by atoms with van der Waals surface area (Å²) < 4.78 is 6.22. The zero-order valence-electron chi connectivity index (χ0n) is 12.1. The van der Waals surface area contributed by atoms with E-state index in [0.717, 1.165) is 36.9 Å². The van der Waals surface area contributed by atoms with Crippen LogP contribution in [0.3, 0.4) is 0 Å². The van der Waals surface area contributed by atoms with E-state index in [1.54, 1.807) is 11.0 Å². The molecular formula is C13H17N7OS. The van der Waals surface area contributed by atoms with Gasteiger partial charge in [0.1, 0.15) is 12.2 Å². The first-order valence-corrected chi connectivity index (χ1v) is 8.27. The average Bonchev–Trinajstić information content (AvgIpc) is 3.06. The van der Waals surface area contributed by atoms with Crippen LogP contribution >= 0.6 is 11.5 Å². The van der Waals surface area contributed by atoms with Crippen molar-refractivity contribution in [2.45, 2.75) is 37.6 Å². The number of primary amides is 1. The van der Waals surface area contributed by atoms with Gasteiger partial charge < -0.3 is 10.6 Å². The maximum Gasteiger partial charge on any atom is 0.288 e. The normalized spacial score (nSPS) is 22.0. The largest absolute Gasteiger partial charge is 0.363 e. The fraction of sp³-hybridized carbons (Fsp3) is 0.615. The fourth-order valence-electron chi connectivity index (χ4n) is 2.77. The number of carbonyl (C=O) groups excluding carboxylic acids is 1. The average molecular weight is 319 g/mol. The Morgan fingerprint density at radius 1 is 1.36 bits per heavy atom. The Morgan fingerprint density at radius 2 is 2.23 bits per heavy atom. The highest BCUT2D eigenvalue weighted by Crippen LogP contribution is 2.40. The smallest absolute Gasteiger partial charge is 0.288 e. The van der Waals surface area contributed by atoms with E-state index in [9.17, 15) is 4.79 Å². The molecule has 1 aliphatic carbocycles. The van der Waals surface area contributed by atoms with Crippen molar-refractivity contribution in [3.05, 3.63) is 18.0 Å². The van der Waals surface area contributed by atoms with Crippen molar-refractivity contribution >= 4 is 22.6 Å². The lowest BCUT2D eigenvalue weighted by atomic mass is 10.1. The number of aromatic nitrogens is 5. The summed E-state index contributed by atoms with van der Waals surface area (Å²) in [6, 6.07) is 0.183. The molecule has 2 aromatic rings. The maximum absolute atomic E-state index is 11.1. The summed E-state index contributed by atoms with van der Waals surface area (Å²) in [5.41, 5.74) is 5.21. The number of anilines is 1. The second kappa shape index (κ2) is 5.31. The van der Waals surface area contributed by atoms with Gasteiger partial charge in [0.25, 0.3) is 5.91 Å². The number of amides is 1. The minimum absolute atomic E-state index is 0.0732. The molecule has 1 saturated carbocycles. The number of hydrogen-bond donors (Lipinski definition) is 1. The molecule has 2 N–H and O–H groups in total. The molecule has 1 amide bonds. The Bertz CT molecular complexity index is 692. The van der Waals surface area contributed by atoms with Crippen LogP contribution in [0.5, 0.6) is 0 Å². The van der Waals surface area contributed by atoms with Crippen molar-refractivity contribution in [2.75, 3.05) is 18.0 Å². The maximum atomic E-state index is 11.1. The summed E-state index contributed by atoms with van der Waals surface area (Å²) in [5, 5.41) is 5.16. The summed E-state index contributed by atoms with van der Waals surface area (Å²) in [6.07, 6.45) is 6.08. The lowest BCUT2D eigenvalue weighted by molar-refractivity contribution is 0.0990. The molecule has 1 atom stereocenters. The predicted molar refractivity (Wildman–Crippen MR) is 80.9 cm³/mol. The molecule has 0 radical (unpaired) electrons. The molecule has 2 fully saturated rings. The molecule has 9 heteroatoms. The summed E-state index contributed by atoms with van der Waals surface area (Å²) in [7, 11) is 0. The highest BCUT2D eigenvalue weighted by molar-refractivity contribution is 7.09. The third kappa shape index (κ3) is 2.56. The summed E-state index contributed by atoms with van der Waals surface area (Å²) >= 11 is 1.48. The highest BCUT2D eigenvalue weighted by atomic mass is 32.1. The highest BCUT2D eigenvalue weighted by Gasteiger charge is 2.30. The van der Waals surface area contributed by atoms with Crippen molar-refractivity contribution in [3.63, 3.8) is 0 Å². The molecule has 1 saturated heterocycles. The summed E-state index contributed by atoms with van der Waals surface area (Å²) in [6.45, 7) is 1.79. The quantitative estimate of drug-likeness (QED) is 0.900. The van der Waals surface area contributed by atoms with E-state index in [2.05, 4.69) is 24.3 Å². The summed E-state index contributed by atoms with van der Waals surface area (Å²) in [4.78, 5) is 22.0. The topological polar surface area (TPSA) is 103 Å². The van der Waals surface area contributed by atoms with Gasteiger partial charge in [-0.3, -0.25) is 4.79 Å². The Balaban J connectivity index is 1.49. The van der Waals surface area contributed by atoms with Crippen molar-refractivity contribution in [3.8, 4) is 0 Å². The number of piperidine rings is 1. The number of nitrogens with zero attached hydrogens (tertiary/aromatic N) is 6. The van der Waals surface area contributed by atoms with Crippen LogP contribution in [0.4, 0.5) is 5.13 Å². The Kier molecular flexibility index (Phi) is 3.29. The van der Waals surface area contributed by atoms with Gasteiger partial charge in [0.15, 0.2) is 0 Å². The van der Waals surface area contributed by atoms with E-state index in [4.69, 9.17) is 5.73 Å². The van der Waals surface area contributed by atoms with Crippen molar-refractivity contribution < 1.29 is 4.79 Å². The number of carbonyl (C=O) groups is 1. The molecule has 4 rings (SSSR count). The molecule has 1 unspecified atom stereocenters. The second-order valence-electron chi connectivity index (χ2n) is 5.86. The van der Waals surface area contributed by atoms with Gasteiger partial charge >= 0.3 is 0 Å². The Hall–Kier alpha value is -2.03. The zero-order valence-corrected chi connectivity index (χ0v) is 12.9. The van der Waals surface area contributed by atoms with E-state index in [1.165, 1.54) is 24.4 Å². The predicted octanol–water partition coefficient (Wildman–Crippen LogP) is 0.947. The van der Waals surface area contributed by atoms with Crippen LogP contribution in [0.15, 0.2) is 6.33 Å². The molecule has 1 aliphatic heterocycles. The van der Waals surface area contributed by atoms with Gasteiger partial charge in [0.05, 0.1) is 6.04 Å². The van der Waals surface area contributed by atoms with Gasteiger partial charge in [-0.15, -0.1) is 5.10 Å². The van der Waals surface area contributed by atoms with Gasteiger partial charge in [0.2, 0.25) is 11.0 Å². The minimum Gasteiger partial charge on any atom is -0.363 e. The number of rotatable bonds is 4. The van der Waals surface area contributed by atoms with E-state index in [-0.39, 0.29) is 11.9 Å². The van der Waals surface area contributed by atoms with Gasteiger partial charge in [-0.25, -0.2) is 14.6 Å². The zero-order chi connectivity index (χ0) is 15.1. The lowest BCUT2D eigenvalue weighted by Gasteiger charge is -2.32. The summed E-state index contributed by atoms with van der Waals surface area (Å²) in [5.74, 6) is 1.06.